The van der Waals surface area contributed by atoms with E-state index in [1.807, 2.05) is 6.92 Å². The van der Waals surface area contributed by atoms with Gasteiger partial charge in [0, 0.05) is 31.3 Å². The van der Waals surface area contributed by atoms with Crippen LogP contribution >= 0.6 is 0 Å². The average molecular weight is 507 g/mol. The van der Waals surface area contributed by atoms with Crippen molar-refractivity contribution in [2.75, 3.05) is 27.9 Å². The van der Waals surface area contributed by atoms with Crippen molar-refractivity contribution < 1.29 is 38.7 Å². The Kier molecular flexibility index (Phi) is 7.14. The summed E-state index contributed by atoms with van der Waals surface area (Å²) < 4.78 is 29.1. The molecule has 36 heavy (non-hydrogen) atoms. The molecule has 2 aliphatic carbocycles. The molecule has 1 aromatic rings. The van der Waals surface area contributed by atoms with Crippen LogP contribution in [0.1, 0.15) is 99.4 Å². The molecular weight excluding hydrogens is 464 g/mol. The van der Waals surface area contributed by atoms with E-state index in [0.29, 0.717) is 28.4 Å². The van der Waals surface area contributed by atoms with Crippen molar-refractivity contribution in [1.29, 1.82) is 0 Å². The second-order valence-electron chi connectivity index (χ2n) is 11.9. The van der Waals surface area contributed by atoms with Gasteiger partial charge in [-0.05, 0) is 56.3 Å². The normalized spacial score (nSPS) is 35.1. The topological polar surface area (TPSA) is 104 Å². The van der Waals surface area contributed by atoms with E-state index in [9.17, 15) is 15.0 Å². The molecule has 0 radical (unpaired) electrons. The number of ether oxygens (including phenoxy) is 5. The van der Waals surface area contributed by atoms with Crippen LogP contribution < -0.4 is 9.47 Å². The number of fused-ring (bicyclic) bond motifs is 2. The lowest BCUT2D eigenvalue weighted by Crippen LogP contribution is -2.59. The molecule has 0 unspecified atom stereocenters. The Morgan fingerprint density at radius 1 is 1.00 bits per heavy atom. The van der Waals surface area contributed by atoms with Crippen LogP contribution in [0.25, 0.3) is 0 Å². The smallest absolute Gasteiger partial charge is 0.339 e. The average Bonchev–Trinajstić information content (AvgIpc) is 3.16. The molecule has 8 heteroatoms. The maximum atomic E-state index is 12.3. The van der Waals surface area contributed by atoms with Crippen LogP contribution in [-0.4, -0.2) is 49.7 Å². The molecule has 2 saturated carbocycles. The van der Waals surface area contributed by atoms with Crippen molar-refractivity contribution in [3.05, 3.63) is 22.3 Å². The summed E-state index contributed by atoms with van der Waals surface area (Å²) in [7, 11) is 4.39. The predicted octanol–water partition coefficient (Wildman–Crippen LogP) is 5.39. The zero-order valence-electron chi connectivity index (χ0n) is 22.9. The fourth-order valence-corrected chi connectivity index (χ4v) is 7.76. The van der Waals surface area contributed by atoms with E-state index in [0.717, 1.165) is 25.7 Å². The van der Waals surface area contributed by atoms with Crippen LogP contribution in [0.2, 0.25) is 0 Å². The van der Waals surface area contributed by atoms with Crippen LogP contribution in [0.15, 0.2) is 0 Å². The number of benzene rings is 1. The van der Waals surface area contributed by atoms with Gasteiger partial charge < -0.3 is 33.9 Å². The molecule has 202 valence electrons. The number of carboxylic acids is 1. The minimum absolute atomic E-state index is 0.0190. The van der Waals surface area contributed by atoms with E-state index < -0.39 is 24.2 Å². The van der Waals surface area contributed by atoms with Gasteiger partial charge in [-0.25, -0.2) is 4.79 Å². The SMILES string of the molecule is COc1c(C)c(OC[C@@H]2[C@@]3(C)CCCC(C)(C)[C@@H]3CC[C@@]2(C)O)c2c(c1C(=O)O)[C@H](OC)O[C@@H]2OC. The summed E-state index contributed by atoms with van der Waals surface area (Å²) in [6, 6.07) is 0. The lowest BCUT2D eigenvalue weighted by atomic mass is 9.46. The summed E-state index contributed by atoms with van der Waals surface area (Å²) in [5.74, 6) is -0.0942. The monoisotopic (exact) mass is 506 g/mol. The Hall–Kier alpha value is -1.87. The van der Waals surface area contributed by atoms with E-state index in [1.54, 1.807) is 6.92 Å². The quantitative estimate of drug-likeness (QED) is 0.507. The fourth-order valence-electron chi connectivity index (χ4n) is 7.76. The minimum atomic E-state index is -1.14. The summed E-state index contributed by atoms with van der Waals surface area (Å²) >= 11 is 0. The maximum Gasteiger partial charge on any atom is 0.339 e. The van der Waals surface area contributed by atoms with Gasteiger partial charge in [0.05, 0.1) is 24.9 Å². The van der Waals surface area contributed by atoms with Gasteiger partial charge in [-0.15, -0.1) is 0 Å². The van der Waals surface area contributed by atoms with Crippen LogP contribution in [0.5, 0.6) is 11.5 Å². The molecule has 0 bridgehead atoms. The number of carbonyl (C=O) groups is 1. The zero-order chi connectivity index (χ0) is 26.6. The molecule has 0 amide bonds. The first-order valence-corrected chi connectivity index (χ1v) is 12.9. The Balaban J connectivity index is 1.80. The largest absolute Gasteiger partial charge is 0.495 e. The first kappa shape index (κ1) is 27.2. The summed E-state index contributed by atoms with van der Waals surface area (Å²) in [5, 5.41) is 21.7. The molecule has 6 atom stereocenters. The summed E-state index contributed by atoms with van der Waals surface area (Å²) in [6.07, 6.45) is 3.28. The predicted molar refractivity (Wildman–Crippen MR) is 133 cm³/mol. The van der Waals surface area contributed by atoms with E-state index in [-0.39, 0.29) is 34.7 Å². The number of aliphatic hydroxyl groups is 1. The molecule has 1 heterocycles. The first-order chi connectivity index (χ1) is 16.8. The molecule has 0 saturated heterocycles. The summed E-state index contributed by atoms with van der Waals surface area (Å²) in [6.45, 7) is 11.0. The Bertz CT molecular complexity index is 1020. The van der Waals surface area contributed by atoms with Crippen molar-refractivity contribution in [3.8, 4) is 11.5 Å². The fraction of sp³-hybridized carbons (Fsp3) is 0.750. The van der Waals surface area contributed by atoms with Gasteiger partial charge in [0.15, 0.2) is 12.6 Å². The van der Waals surface area contributed by atoms with Gasteiger partial charge in [0.25, 0.3) is 0 Å². The Morgan fingerprint density at radius 2 is 1.64 bits per heavy atom. The van der Waals surface area contributed by atoms with Crippen LogP contribution in [0.4, 0.5) is 0 Å². The highest BCUT2D eigenvalue weighted by atomic mass is 16.8. The second-order valence-corrected chi connectivity index (χ2v) is 11.9. The highest BCUT2D eigenvalue weighted by Crippen LogP contribution is 2.62. The number of aromatic carboxylic acids is 1. The van der Waals surface area contributed by atoms with Gasteiger partial charge in [0.2, 0.25) is 0 Å². The molecule has 4 rings (SSSR count). The number of hydrogen-bond donors (Lipinski definition) is 2. The molecule has 8 nitrogen and oxygen atoms in total. The third-order valence-corrected chi connectivity index (χ3v) is 9.43. The summed E-state index contributed by atoms with van der Waals surface area (Å²) in [4.78, 5) is 12.3. The lowest BCUT2D eigenvalue weighted by Gasteiger charge is -2.61. The molecule has 1 aliphatic heterocycles. The van der Waals surface area contributed by atoms with Crippen LogP contribution in [0, 0.1) is 29.6 Å². The minimum Gasteiger partial charge on any atom is -0.495 e. The van der Waals surface area contributed by atoms with E-state index >= 15 is 0 Å². The molecular formula is C28H42O8. The third-order valence-electron chi connectivity index (χ3n) is 9.43. The maximum absolute atomic E-state index is 12.3. The van der Waals surface area contributed by atoms with Gasteiger partial charge in [-0.2, -0.15) is 0 Å². The third kappa shape index (κ3) is 4.10. The van der Waals surface area contributed by atoms with Crippen LogP contribution in [0.3, 0.4) is 0 Å². The number of hydrogen-bond acceptors (Lipinski definition) is 7. The van der Waals surface area contributed by atoms with Crippen LogP contribution in [-0.2, 0) is 14.2 Å². The van der Waals surface area contributed by atoms with Crippen molar-refractivity contribution in [2.45, 2.75) is 84.9 Å². The van der Waals surface area contributed by atoms with Crippen molar-refractivity contribution >= 4 is 5.97 Å². The highest BCUT2D eigenvalue weighted by molar-refractivity contribution is 5.95. The van der Waals surface area contributed by atoms with Gasteiger partial charge >= 0.3 is 5.97 Å². The standard InChI is InChI=1S/C28H42O8/c1-15-21(32-6)19(23(29)30)18-20(25(34-8)36-24(18)33-7)22(15)35-14-17-27(4)12-9-11-26(2,3)16(27)10-13-28(17,5)31/h16-17,24-25,31H,9-14H2,1-8H3,(H,29,30)/t16-,17+,24+,25-,27-,28+/m0/s1. The molecule has 0 aromatic heterocycles. The van der Waals surface area contributed by atoms with E-state index in [2.05, 4.69) is 20.8 Å². The number of methoxy groups -OCH3 is 3. The molecule has 1 aromatic carbocycles. The second kappa shape index (κ2) is 9.46. The Labute approximate surface area is 214 Å². The van der Waals surface area contributed by atoms with E-state index in [4.69, 9.17) is 23.7 Å². The molecule has 2 N–H and O–H groups in total. The first-order valence-electron chi connectivity index (χ1n) is 12.9. The van der Waals surface area contributed by atoms with Gasteiger partial charge in [0.1, 0.15) is 17.1 Å². The van der Waals surface area contributed by atoms with Gasteiger partial charge in [-0.3, -0.25) is 0 Å². The van der Waals surface area contributed by atoms with E-state index in [1.165, 1.54) is 27.8 Å². The zero-order valence-corrected chi connectivity index (χ0v) is 22.9. The lowest BCUT2D eigenvalue weighted by molar-refractivity contribution is -0.217. The molecule has 0 spiro atoms. The van der Waals surface area contributed by atoms with Crippen molar-refractivity contribution in [2.24, 2.45) is 22.7 Å². The Morgan fingerprint density at radius 3 is 2.22 bits per heavy atom. The van der Waals surface area contributed by atoms with Gasteiger partial charge in [-0.1, -0.05) is 27.2 Å². The highest BCUT2D eigenvalue weighted by Gasteiger charge is 2.58. The molecule has 2 fully saturated rings. The summed E-state index contributed by atoms with van der Waals surface area (Å²) in [5.41, 5.74) is 0.608. The molecule has 3 aliphatic rings. The van der Waals surface area contributed by atoms with Crippen molar-refractivity contribution in [1.82, 2.24) is 0 Å². The number of carboxylic acid groups (broad SMARTS) is 1. The van der Waals surface area contributed by atoms with Crippen molar-refractivity contribution in [3.63, 3.8) is 0 Å². The number of rotatable bonds is 7.